The van der Waals surface area contributed by atoms with E-state index in [-0.39, 0.29) is 5.82 Å². The summed E-state index contributed by atoms with van der Waals surface area (Å²) in [6, 6.07) is 12.6. The van der Waals surface area contributed by atoms with Crippen LogP contribution in [0.3, 0.4) is 0 Å². The van der Waals surface area contributed by atoms with E-state index in [0.717, 1.165) is 10.9 Å². The molecule has 0 unspecified atom stereocenters. The number of nitrogens with zero attached hydrogens (tertiary/aromatic N) is 1. The zero-order valence-electron chi connectivity index (χ0n) is 12.7. The van der Waals surface area contributed by atoms with Gasteiger partial charge in [0.25, 0.3) is 0 Å². The fourth-order valence-corrected chi connectivity index (χ4v) is 2.65. The van der Waals surface area contributed by atoms with Crippen molar-refractivity contribution >= 4 is 10.9 Å². The predicted octanol–water partition coefficient (Wildman–Crippen LogP) is 4.39. The van der Waals surface area contributed by atoms with E-state index in [1.54, 1.807) is 13.2 Å². The van der Waals surface area contributed by atoms with Gasteiger partial charge in [0.1, 0.15) is 12.4 Å². The lowest BCUT2D eigenvalue weighted by molar-refractivity contribution is 0.285. The maximum atomic E-state index is 14.0. The van der Waals surface area contributed by atoms with Crippen LogP contribution in [0.1, 0.15) is 12.5 Å². The van der Waals surface area contributed by atoms with Crippen molar-refractivity contribution in [3.63, 3.8) is 0 Å². The van der Waals surface area contributed by atoms with Gasteiger partial charge < -0.3 is 14.0 Å². The highest BCUT2D eigenvalue weighted by atomic mass is 19.1. The Hall–Kier alpha value is -2.49. The standard InChI is InChI=1S/C18H18FNO2/c1-3-20-11-13(14-7-6-8-15(19)18(14)20)12-22-17-10-5-4-9-16(17)21-2/h4-11H,3,12H2,1-2H3. The van der Waals surface area contributed by atoms with Crippen LogP contribution < -0.4 is 9.47 Å². The van der Waals surface area contributed by atoms with E-state index >= 15 is 0 Å². The van der Waals surface area contributed by atoms with Gasteiger partial charge >= 0.3 is 0 Å². The number of hydrogen-bond donors (Lipinski definition) is 0. The third kappa shape index (κ3) is 2.52. The number of ether oxygens (including phenoxy) is 2. The van der Waals surface area contributed by atoms with Crippen molar-refractivity contribution in [2.24, 2.45) is 0 Å². The molecule has 2 aromatic carbocycles. The lowest BCUT2D eigenvalue weighted by Gasteiger charge is -2.09. The second-order valence-corrected chi connectivity index (χ2v) is 5.02. The summed E-state index contributed by atoms with van der Waals surface area (Å²) in [6.45, 7) is 3.08. The van der Waals surface area contributed by atoms with Crippen LogP contribution in [0.4, 0.5) is 4.39 Å². The molecule has 22 heavy (non-hydrogen) atoms. The topological polar surface area (TPSA) is 23.4 Å². The minimum atomic E-state index is -0.206. The summed E-state index contributed by atoms with van der Waals surface area (Å²) in [6.07, 6.45) is 1.95. The van der Waals surface area contributed by atoms with Crippen molar-refractivity contribution in [3.05, 3.63) is 60.0 Å². The number of methoxy groups -OCH3 is 1. The number of fused-ring (bicyclic) bond motifs is 1. The summed E-state index contributed by atoms with van der Waals surface area (Å²) in [7, 11) is 1.61. The lowest BCUT2D eigenvalue weighted by Crippen LogP contribution is -1.97. The first-order valence-electron chi connectivity index (χ1n) is 7.26. The Balaban J connectivity index is 1.93. The summed E-state index contributed by atoms with van der Waals surface area (Å²) in [5, 5.41) is 0.886. The third-order valence-electron chi connectivity index (χ3n) is 3.72. The van der Waals surface area contributed by atoms with E-state index in [2.05, 4.69) is 0 Å². The van der Waals surface area contributed by atoms with Gasteiger partial charge in [-0.25, -0.2) is 4.39 Å². The molecule has 4 heteroatoms. The molecule has 3 nitrogen and oxygen atoms in total. The molecule has 0 bridgehead atoms. The molecule has 0 aliphatic heterocycles. The predicted molar refractivity (Wildman–Crippen MR) is 84.9 cm³/mol. The zero-order valence-corrected chi connectivity index (χ0v) is 12.7. The molecule has 0 aliphatic carbocycles. The Morgan fingerprint density at radius 3 is 2.55 bits per heavy atom. The number of halogens is 1. The van der Waals surface area contributed by atoms with Crippen LogP contribution in [0.2, 0.25) is 0 Å². The van der Waals surface area contributed by atoms with Gasteiger partial charge in [0.2, 0.25) is 0 Å². The Bertz CT molecular complexity index is 795. The van der Waals surface area contributed by atoms with Crippen molar-refractivity contribution in [2.45, 2.75) is 20.1 Å². The fraction of sp³-hybridized carbons (Fsp3) is 0.222. The van der Waals surface area contributed by atoms with Gasteiger partial charge in [-0.2, -0.15) is 0 Å². The van der Waals surface area contributed by atoms with Crippen LogP contribution in [-0.2, 0) is 13.2 Å². The average Bonchev–Trinajstić information content (AvgIpc) is 2.92. The quantitative estimate of drug-likeness (QED) is 0.697. The lowest BCUT2D eigenvalue weighted by atomic mass is 10.2. The molecule has 0 aliphatic rings. The Labute approximate surface area is 128 Å². The zero-order chi connectivity index (χ0) is 15.5. The summed E-state index contributed by atoms with van der Waals surface area (Å²) in [4.78, 5) is 0. The number of aromatic nitrogens is 1. The molecular formula is C18H18FNO2. The van der Waals surface area contributed by atoms with E-state index in [0.29, 0.717) is 30.2 Å². The smallest absolute Gasteiger partial charge is 0.161 e. The molecule has 0 radical (unpaired) electrons. The number of para-hydroxylation sites is 3. The van der Waals surface area contributed by atoms with Crippen molar-refractivity contribution in [1.82, 2.24) is 4.57 Å². The van der Waals surface area contributed by atoms with Crippen LogP contribution in [0.15, 0.2) is 48.7 Å². The highest BCUT2D eigenvalue weighted by molar-refractivity contribution is 5.84. The molecule has 114 valence electrons. The molecule has 1 heterocycles. The SMILES string of the molecule is CCn1cc(COc2ccccc2OC)c2cccc(F)c21. The fourth-order valence-electron chi connectivity index (χ4n) is 2.65. The van der Waals surface area contributed by atoms with E-state index in [4.69, 9.17) is 9.47 Å². The monoisotopic (exact) mass is 299 g/mol. The van der Waals surface area contributed by atoms with Crippen molar-refractivity contribution in [3.8, 4) is 11.5 Å². The van der Waals surface area contributed by atoms with Gasteiger partial charge in [-0.05, 0) is 25.1 Å². The molecule has 3 aromatic rings. The molecule has 0 fully saturated rings. The van der Waals surface area contributed by atoms with Crippen molar-refractivity contribution < 1.29 is 13.9 Å². The molecule has 3 rings (SSSR count). The van der Waals surface area contributed by atoms with Crippen LogP contribution in [-0.4, -0.2) is 11.7 Å². The van der Waals surface area contributed by atoms with Crippen LogP contribution in [0.25, 0.3) is 10.9 Å². The molecule has 0 saturated heterocycles. The minimum Gasteiger partial charge on any atom is -0.493 e. The molecule has 0 N–H and O–H groups in total. The molecule has 0 spiro atoms. The number of hydrogen-bond acceptors (Lipinski definition) is 2. The van der Waals surface area contributed by atoms with Crippen LogP contribution >= 0.6 is 0 Å². The maximum Gasteiger partial charge on any atom is 0.161 e. The second kappa shape index (κ2) is 6.10. The van der Waals surface area contributed by atoms with Gasteiger partial charge in [-0.15, -0.1) is 0 Å². The normalized spacial score (nSPS) is 10.9. The summed E-state index contributed by atoms with van der Waals surface area (Å²) >= 11 is 0. The Morgan fingerprint density at radius 2 is 1.82 bits per heavy atom. The maximum absolute atomic E-state index is 14.0. The number of rotatable bonds is 5. The molecule has 0 atom stereocenters. The highest BCUT2D eigenvalue weighted by Gasteiger charge is 2.12. The first-order valence-corrected chi connectivity index (χ1v) is 7.26. The molecule has 0 amide bonds. The van der Waals surface area contributed by atoms with Crippen LogP contribution in [0, 0.1) is 5.82 Å². The first kappa shape index (κ1) is 14.4. The highest BCUT2D eigenvalue weighted by Crippen LogP contribution is 2.29. The third-order valence-corrected chi connectivity index (χ3v) is 3.72. The Morgan fingerprint density at radius 1 is 1.05 bits per heavy atom. The van der Waals surface area contributed by atoms with E-state index < -0.39 is 0 Å². The largest absolute Gasteiger partial charge is 0.493 e. The number of benzene rings is 2. The van der Waals surface area contributed by atoms with E-state index in [1.807, 2.05) is 48.0 Å². The van der Waals surface area contributed by atoms with Gasteiger partial charge in [0, 0.05) is 23.7 Å². The summed E-state index contributed by atoms with van der Waals surface area (Å²) in [5.41, 5.74) is 1.59. The van der Waals surface area contributed by atoms with E-state index in [1.165, 1.54) is 6.07 Å². The van der Waals surface area contributed by atoms with Gasteiger partial charge in [-0.1, -0.05) is 24.3 Å². The van der Waals surface area contributed by atoms with Crippen molar-refractivity contribution in [1.29, 1.82) is 0 Å². The van der Waals surface area contributed by atoms with E-state index in [9.17, 15) is 4.39 Å². The van der Waals surface area contributed by atoms with Gasteiger partial charge in [0.15, 0.2) is 11.5 Å². The molecule has 1 aromatic heterocycles. The molecular weight excluding hydrogens is 281 g/mol. The van der Waals surface area contributed by atoms with Crippen LogP contribution in [0.5, 0.6) is 11.5 Å². The number of aryl methyl sites for hydroxylation is 1. The van der Waals surface area contributed by atoms with Gasteiger partial charge in [-0.3, -0.25) is 0 Å². The second-order valence-electron chi connectivity index (χ2n) is 5.02. The Kier molecular flexibility index (Phi) is 4.00. The minimum absolute atomic E-state index is 0.206. The van der Waals surface area contributed by atoms with Crippen molar-refractivity contribution in [2.75, 3.05) is 7.11 Å². The molecule has 0 saturated carbocycles. The first-order chi connectivity index (χ1) is 10.7. The van der Waals surface area contributed by atoms with Gasteiger partial charge in [0.05, 0.1) is 12.6 Å². The summed E-state index contributed by atoms with van der Waals surface area (Å²) in [5.74, 6) is 1.16. The average molecular weight is 299 g/mol. The summed E-state index contributed by atoms with van der Waals surface area (Å²) < 4.78 is 27.1.